The first kappa shape index (κ1) is 30.7. The fourth-order valence-corrected chi connectivity index (χ4v) is 6.14. The first-order chi connectivity index (χ1) is 20.6. The average molecular weight is 600 g/mol. The fourth-order valence-electron chi connectivity index (χ4n) is 6.14. The summed E-state index contributed by atoms with van der Waals surface area (Å²) in [5.74, 6) is -0.929. The molecule has 11 heteroatoms. The quantitative estimate of drug-likeness (QED) is 0.138. The summed E-state index contributed by atoms with van der Waals surface area (Å²) in [6, 6.07) is 7.46. The zero-order chi connectivity index (χ0) is 30.8. The second kappa shape index (κ2) is 12.9. The third-order valence-corrected chi connectivity index (χ3v) is 8.58. The van der Waals surface area contributed by atoms with Crippen molar-refractivity contribution < 1.29 is 27.1 Å². The number of fused-ring (bicyclic) bond motifs is 1. The van der Waals surface area contributed by atoms with Crippen LogP contribution in [0.5, 0.6) is 0 Å². The van der Waals surface area contributed by atoms with E-state index in [0.717, 1.165) is 24.9 Å². The van der Waals surface area contributed by atoms with Crippen molar-refractivity contribution in [2.24, 2.45) is 4.99 Å². The monoisotopic (exact) mass is 599 g/mol. The van der Waals surface area contributed by atoms with Crippen molar-refractivity contribution in [1.82, 2.24) is 14.5 Å². The molecule has 2 aliphatic rings. The number of nitrogens with two attached hydrogens (primary N) is 1. The molecule has 0 radical (unpaired) electrons. The van der Waals surface area contributed by atoms with Crippen LogP contribution in [0.4, 0.5) is 23.2 Å². The highest BCUT2D eigenvalue weighted by Gasteiger charge is 2.33. The highest BCUT2D eigenvalue weighted by atomic mass is 19.3. The number of nitrogens with zero attached hydrogens (tertiary/aromatic N) is 4. The molecule has 5 rings (SSSR count). The summed E-state index contributed by atoms with van der Waals surface area (Å²) in [5, 5.41) is 0. The van der Waals surface area contributed by atoms with Crippen LogP contribution >= 0.6 is 0 Å². The van der Waals surface area contributed by atoms with Crippen LogP contribution in [0.3, 0.4) is 0 Å². The van der Waals surface area contributed by atoms with Crippen molar-refractivity contribution >= 4 is 17.9 Å². The number of likely N-dealkylation sites (tertiary alicyclic amines) is 1. The number of piperidine rings is 1. The van der Waals surface area contributed by atoms with Gasteiger partial charge in [-0.05, 0) is 61.7 Å². The highest BCUT2D eigenvalue weighted by Crippen LogP contribution is 2.38. The Kier molecular flexibility index (Phi) is 9.19. The maximum Gasteiger partial charge on any atom is 0.337 e. The van der Waals surface area contributed by atoms with Crippen LogP contribution in [0, 0.1) is 6.92 Å². The molecule has 7 nitrogen and oxygen atoms in total. The number of alkyl halides is 4. The van der Waals surface area contributed by atoms with E-state index in [2.05, 4.69) is 14.9 Å². The Bertz CT molecular complexity index is 1490. The molecule has 3 aromatic rings. The van der Waals surface area contributed by atoms with Crippen molar-refractivity contribution in [2.45, 2.75) is 70.9 Å². The molecule has 230 valence electrons. The summed E-state index contributed by atoms with van der Waals surface area (Å²) in [5.41, 5.74) is 9.58. The summed E-state index contributed by atoms with van der Waals surface area (Å²) in [6.45, 7) is 7.63. The molecule has 2 aliphatic heterocycles. The number of aromatic nitrogens is 2. The molecule has 0 saturated carbocycles. The van der Waals surface area contributed by atoms with Gasteiger partial charge in [0.25, 0.3) is 6.43 Å². The number of aliphatic imine (C=N–C) groups is 1. The van der Waals surface area contributed by atoms with Crippen molar-refractivity contribution in [2.75, 3.05) is 32.0 Å². The molecule has 1 unspecified atom stereocenters. The molecule has 2 N–H and O–H groups in total. The average Bonchev–Trinajstić information content (AvgIpc) is 3.54. The van der Waals surface area contributed by atoms with Crippen LogP contribution < -0.4 is 5.73 Å². The number of benzene rings is 2. The zero-order valence-corrected chi connectivity index (χ0v) is 24.6. The van der Waals surface area contributed by atoms with Crippen molar-refractivity contribution in [3.05, 3.63) is 70.3 Å². The van der Waals surface area contributed by atoms with Gasteiger partial charge in [0.1, 0.15) is 12.3 Å². The topological polar surface area (TPSA) is 85.7 Å². The smallest absolute Gasteiger partial charge is 0.337 e. The number of anilines is 1. The molecule has 0 aliphatic carbocycles. The van der Waals surface area contributed by atoms with E-state index >= 15 is 0 Å². The Morgan fingerprint density at radius 3 is 2.60 bits per heavy atom. The van der Waals surface area contributed by atoms with E-state index in [4.69, 9.17) is 10.5 Å². The normalized spacial score (nSPS) is 21.4. The molecule has 0 bridgehead atoms. The number of imidazole rings is 1. The molecular formula is C32H37F4N5O2. The number of hydrogen-bond donors (Lipinski definition) is 1. The van der Waals surface area contributed by atoms with Crippen LogP contribution in [-0.4, -0.2) is 65.2 Å². The molecule has 0 amide bonds. The zero-order valence-electron chi connectivity index (χ0n) is 24.6. The van der Waals surface area contributed by atoms with E-state index in [0.29, 0.717) is 35.3 Å². The number of carbonyl (C=O) groups excluding carboxylic acids is 1. The van der Waals surface area contributed by atoms with E-state index in [1.54, 1.807) is 18.4 Å². The standard InChI is InChI=1S/C32H37F4N5O2/c1-4-40-11-10-22(26(34)16-40)19-6-8-20(9-7-19)23-13-24(31(35)36)25(28(37)18(23)3)14-38-30(32(42)43-5-2)29-27-12-21(33)15-41(27)17-39-29/h6-9,13-14,17,21-22,26,30-31H,4-5,10-12,15-16,37H2,1-3H3/t21-,22+,26-,30?/m1/s1. The van der Waals surface area contributed by atoms with Gasteiger partial charge in [-0.3, -0.25) is 4.99 Å². The van der Waals surface area contributed by atoms with Gasteiger partial charge in [-0.15, -0.1) is 0 Å². The first-order valence-electron chi connectivity index (χ1n) is 14.7. The first-order valence-corrected chi connectivity index (χ1v) is 14.7. The summed E-state index contributed by atoms with van der Waals surface area (Å²) >= 11 is 0. The third-order valence-electron chi connectivity index (χ3n) is 8.58. The third kappa shape index (κ3) is 6.18. The van der Waals surface area contributed by atoms with Crippen LogP contribution in [0.2, 0.25) is 0 Å². The van der Waals surface area contributed by atoms with Crippen LogP contribution in [-0.2, 0) is 22.5 Å². The number of nitrogen functional groups attached to an aromatic ring is 1. The van der Waals surface area contributed by atoms with Crippen LogP contribution in [0.25, 0.3) is 11.1 Å². The lowest BCUT2D eigenvalue weighted by Crippen LogP contribution is -2.40. The molecule has 1 fully saturated rings. The number of hydrogen-bond acceptors (Lipinski definition) is 6. The SMILES string of the molecule is CCOC(=O)C(N=Cc1c(C(F)F)cc(-c2ccc([C@@H]3CCN(CC)C[C@H]3F)cc2)c(C)c1N)c1ncn2c1C[C@@H](F)C2. The second-order valence-corrected chi connectivity index (χ2v) is 11.2. The Morgan fingerprint density at radius 2 is 1.95 bits per heavy atom. The summed E-state index contributed by atoms with van der Waals surface area (Å²) in [7, 11) is 0. The molecule has 1 aromatic heterocycles. The minimum Gasteiger partial charge on any atom is -0.464 e. The Morgan fingerprint density at radius 1 is 1.21 bits per heavy atom. The lowest BCUT2D eigenvalue weighted by atomic mass is 9.86. The van der Waals surface area contributed by atoms with Gasteiger partial charge in [0, 0.05) is 47.6 Å². The predicted molar refractivity (Wildman–Crippen MR) is 158 cm³/mol. The fraction of sp³-hybridized carbons (Fsp3) is 0.469. The molecule has 2 aromatic carbocycles. The summed E-state index contributed by atoms with van der Waals surface area (Å²) in [4.78, 5) is 23.6. The predicted octanol–water partition coefficient (Wildman–Crippen LogP) is 6.14. The van der Waals surface area contributed by atoms with Gasteiger partial charge >= 0.3 is 5.97 Å². The van der Waals surface area contributed by atoms with Gasteiger partial charge in [0.15, 0.2) is 6.04 Å². The van der Waals surface area contributed by atoms with Crippen molar-refractivity contribution in [3.8, 4) is 11.1 Å². The number of ether oxygens (including phenoxy) is 1. The maximum absolute atomic E-state index is 14.9. The molecule has 1 saturated heterocycles. The minimum atomic E-state index is -2.89. The molecule has 3 heterocycles. The Hall–Kier alpha value is -3.73. The van der Waals surface area contributed by atoms with Crippen LogP contribution in [0.1, 0.15) is 72.3 Å². The van der Waals surface area contributed by atoms with Gasteiger partial charge in [-0.2, -0.15) is 0 Å². The van der Waals surface area contributed by atoms with Gasteiger partial charge in [0.2, 0.25) is 0 Å². The molecule has 0 spiro atoms. The molecular weight excluding hydrogens is 562 g/mol. The largest absolute Gasteiger partial charge is 0.464 e. The highest BCUT2D eigenvalue weighted by molar-refractivity contribution is 5.94. The van der Waals surface area contributed by atoms with Gasteiger partial charge in [0.05, 0.1) is 25.2 Å². The van der Waals surface area contributed by atoms with E-state index in [-0.39, 0.29) is 48.0 Å². The molecule has 43 heavy (non-hydrogen) atoms. The summed E-state index contributed by atoms with van der Waals surface area (Å²) in [6.07, 6.45) is -1.58. The van der Waals surface area contributed by atoms with Gasteiger partial charge in [-0.1, -0.05) is 31.2 Å². The maximum atomic E-state index is 14.9. The van der Waals surface area contributed by atoms with Crippen molar-refractivity contribution in [3.63, 3.8) is 0 Å². The van der Waals surface area contributed by atoms with Crippen molar-refractivity contribution in [1.29, 1.82) is 0 Å². The lowest BCUT2D eigenvalue weighted by Gasteiger charge is -2.34. The van der Waals surface area contributed by atoms with E-state index in [1.165, 1.54) is 12.4 Å². The van der Waals surface area contributed by atoms with E-state index < -0.39 is 30.8 Å². The summed E-state index contributed by atoms with van der Waals surface area (Å²) < 4.78 is 64.6. The van der Waals surface area contributed by atoms with E-state index in [9.17, 15) is 22.4 Å². The van der Waals surface area contributed by atoms with Gasteiger partial charge < -0.3 is 19.9 Å². The Labute approximate surface area is 248 Å². The Balaban J connectivity index is 1.47. The van der Waals surface area contributed by atoms with Gasteiger partial charge in [-0.25, -0.2) is 27.3 Å². The second-order valence-electron chi connectivity index (χ2n) is 11.2. The number of carbonyl (C=O) groups is 1. The number of halogens is 4. The minimum absolute atomic E-state index is 0.00986. The lowest BCUT2D eigenvalue weighted by molar-refractivity contribution is -0.144. The van der Waals surface area contributed by atoms with Crippen LogP contribution in [0.15, 0.2) is 41.7 Å². The number of rotatable bonds is 9. The number of esters is 1. The van der Waals surface area contributed by atoms with E-state index in [1.807, 2.05) is 31.2 Å². The molecule has 4 atom stereocenters.